The van der Waals surface area contributed by atoms with Crippen LogP contribution in [0.1, 0.15) is 56.3 Å². The minimum Gasteiger partial charge on any atom is -0.446 e. The largest absolute Gasteiger partial charge is 0.446 e. The molecule has 5 N–H and O–H groups in total. The van der Waals surface area contributed by atoms with Crippen LogP contribution in [0.3, 0.4) is 0 Å². The number of alkyl carbamates (subject to hydrolysis) is 1. The van der Waals surface area contributed by atoms with Gasteiger partial charge in [-0.15, -0.1) is 0 Å². The molecular weight excluding hydrogens is 490 g/mol. The summed E-state index contributed by atoms with van der Waals surface area (Å²) in [6, 6.07) is 16.9. The van der Waals surface area contributed by atoms with Crippen molar-refractivity contribution in [1.82, 2.24) is 15.6 Å². The fourth-order valence-corrected chi connectivity index (χ4v) is 7.83. The van der Waals surface area contributed by atoms with Crippen LogP contribution in [0.4, 0.5) is 4.79 Å². The van der Waals surface area contributed by atoms with Crippen molar-refractivity contribution >= 4 is 17.0 Å². The second kappa shape index (κ2) is 11.0. The second-order valence-electron chi connectivity index (χ2n) is 12.5. The van der Waals surface area contributed by atoms with Gasteiger partial charge in [-0.2, -0.15) is 0 Å². The molecule has 7 rings (SSSR count). The van der Waals surface area contributed by atoms with Gasteiger partial charge < -0.3 is 30.6 Å². The van der Waals surface area contributed by atoms with E-state index in [1.165, 1.54) is 32.1 Å². The molecule has 4 fully saturated rings. The number of ether oxygens (including phenoxy) is 1. The van der Waals surface area contributed by atoms with Gasteiger partial charge in [-0.1, -0.05) is 48.5 Å². The molecule has 1 heterocycles. The summed E-state index contributed by atoms with van der Waals surface area (Å²) in [6.07, 6.45) is 7.42. The molecule has 4 bridgehead atoms. The van der Waals surface area contributed by atoms with Crippen LogP contribution in [0.2, 0.25) is 0 Å². The second-order valence-corrected chi connectivity index (χ2v) is 12.5. The molecule has 1 amide bonds. The summed E-state index contributed by atoms with van der Waals surface area (Å²) in [5.74, 6) is 2.62. The van der Waals surface area contributed by atoms with E-state index in [0.29, 0.717) is 24.8 Å². The van der Waals surface area contributed by atoms with Gasteiger partial charge in [0, 0.05) is 23.6 Å². The van der Waals surface area contributed by atoms with Gasteiger partial charge in [0.1, 0.15) is 6.10 Å². The maximum Gasteiger partial charge on any atom is 0.407 e. The fraction of sp³-hybridized carbons (Fsp3) is 0.531. The Labute approximate surface area is 230 Å². The third kappa shape index (κ3) is 5.58. The number of benzene rings is 2. The maximum atomic E-state index is 13.4. The first-order valence-corrected chi connectivity index (χ1v) is 14.5. The predicted octanol–water partition coefficient (Wildman–Crippen LogP) is 4.70. The van der Waals surface area contributed by atoms with Crippen molar-refractivity contribution in [3.8, 4) is 0 Å². The summed E-state index contributed by atoms with van der Waals surface area (Å²) in [5.41, 5.74) is 2.15. The number of para-hydroxylation sites is 1. The number of fused-ring (bicyclic) bond motifs is 1. The summed E-state index contributed by atoms with van der Waals surface area (Å²) in [7, 11) is 0. The molecule has 1 aromatic heterocycles. The highest BCUT2D eigenvalue weighted by Crippen LogP contribution is 2.54. The highest BCUT2D eigenvalue weighted by Gasteiger charge is 2.50. The van der Waals surface area contributed by atoms with E-state index in [9.17, 15) is 15.0 Å². The first-order chi connectivity index (χ1) is 18.9. The maximum absolute atomic E-state index is 13.4. The Kier molecular flexibility index (Phi) is 7.40. The number of carbonyl (C=O) groups excluding carboxylic acids is 1. The molecule has 7 nitrogen and oxygen atoms in total. The van der Waals surface area contributed by atoms with Crippen LogP contribution >= 0.6 is 0 Å². The summed E-state index contributed by atoms with van der Waals surface area (Å²) in [4.78, 5) is 16.8. The lowest BCUT2D eigenvalue weighted by Crippen LogP contribution is -2.58. The van der Waals surface area contributed by atoms with E-state index in [1.807, 2.05) is 61.7 Å². The average Bonchev–Trinajstić information content (AvgIpc) is 3.33. The topological polar surface area (TPSA) is 107 Å². The smallest absolute Gasteiger partial charge is 0.407 e. The van der Waals surface area contributed by atoms with Crippen molar-refractivity contribution in [2.24, 2.45) is 23.7 Å². The number of H-pyrrole nitrogens is 1. The first kappa shape index (κ1) is 26.4. The first-order valence-electron chi connectivity index (χ1n) is 14.5. The van der Waals surface area contributed by atoms with Crippen LogP contribution in [-0.4, -0.2) is 52.1 Å². The van der Waals surface area contributed by atoms with E-state index < -0.39 is 17.7 Å². The van der Waals surface area contributed by atoms with Crippen molar-refractivity contribution in [2.75, 3.05) is 13.2 Å². The number of aliphatic hydroxyl groups excluding tert-OH is 2. The number of hydrogen-bond donors (Lipinski definition) is 5. The zero-order valence-corrected chi connectivity index (χ0v) is 22.7. The van der Waals surface area contributed by atoms with Crippen molar-refractivity contribution < 1.29 is 19.7 Å². The zero-order valence-electron chi connectivity index (χ0n) is 22.7. The van der Waals surface area contributed by atoms with E-state index >= 15 is 0 Å². The fourth-order valence-electron chi connectivity index (χ4n) is 7.83. The van der Waals surface area contributed by atoms with E-state index in [1.54, 1.807) is 0 Å². The minimum absolute atomic E-state index is 0.00758. The van der Waals surface area contributed by atoms with Gasteiger partial charge in [0.05, 0.1) is 24.3 Å². The molecule has 208 valence electrons. The molecule has 3 unspecified atom stereocenters. The van der Waals surface area contributed by atoms with E-state index in [0.717, 1.165) is 33.9 Å². The molecule has 0 aliphatic heterocycles. The number of rotatable bonds is 10. The number of nitrogens with one attached hydrogen (secondary N) is 3. The average molecular weight is 532 g/mol. The number of aliphatic hydroxyl groups is 2. The monoisotopic (exact) mass is 531 g/mol. The van der Waals surface area contributed by atoms with Crippen LogP contribution < -0.4 is 10.6 Å². The van der Waals surface area contributed by atoms with E-state index in [4.69, 9.17) is 4.74 Å². The van der Waals surface area contributed by atoms with Gasteiger partial charge in [0.2, 0.25) is 0 Å². The Morgan fingerprint density at radius 2 is 1.69 bits per heavy atom. The van der Waals surface area contributed by atoms with Crippen LogP contribution in [0.5, 0.6) is 0 Å². The number of amides is 1. The summed E-state index contributed by atoms with van der Waals surface area (Å²) in [6.45, 7) is 2.11. The molecule has 3 atom stereocenters. The van der Waals surface area contributed by atoms with E-state index in [-0.39, 0.29) is 18.8 Å². The zero-order chi connectivity index (χ0) is 27.0. The van der Waals surface area contributed by atoms with Gasteiger partial charge in [-0.3, -0.25) is 0 Å². The van der Waals surface area contributed by atoms with Crippen molar-refractivity contribution in [1.29, 1.82) is 0 Å². The van der Waals surface area contributed by atoms with Gasteiger partial charge in [0.25, 0.3) is 0 Å². The summed E-state index contributed by atoms with van der Waals surface area (Å²) < 4.78 is 6.20. The molecule has 7 heteroatoms. The molecule has 2 aromatic carbocycles. The lowest BCUT2D eigenvalue weighted by molar-refractivity contribution is -0.0971. The van der Waals surface area contributed by atoms with Crippen LogP contribution in [-0.2, 0) is 11.2 Å². The molecule has 3 aromatic rings. The Morgan fingerprint density at radius 1 is 1.03 bits per heavy atom. The lowest BCUT2D eigenvalue weighted by atomic mass is 9.55. The lowest BCUT2D eigenvalue weighted by Gasteiger charge is -2.53. The number of aromatic nitrogens is 1. The molecule has 39 heavy (non-hydrogen) atoms. The molecule has 4 aliphatic rings. The number of carbonyl (C=O) groups is 1. The molecule has 4 aliphatic carbocycles. The highest BCUT2D eigenvalue weighted by molar-refractivity contribution is 5.83. The van der Waals surface area contributed by atoms with Crippen molar-refractivity contribution in [3.63, 3.8) is 0 Å². The van der Waals surface area contributed by atoms with E-state index in [2.05, 4.69) is 21.7 Å². The number of hydrogen-bond acceptors (Lipinski definition) is 5. The third-order valence-electron chi connectivity index (χ3n) is 9.52. The normalized spacial score (nSPS) is 28.6. The summed E-state index contributed by atoms with van der Waals surface area (Å²) >= 11 is 0. The Morgan fingerprint density at radius 3 is 2.38 bits per heavy atom. The van der Waals surface area contributed by atoms with Crippen LogP contribution in [0, 0.1) is 23.7 Å². The predicted molar refractivity (Wildman–Crippen MR) is 151 cm³/mol. The Balaban J connectivity index is 1.18. The SMILES string of the molecule is CC(CNC(CO)C(O)c1ccccc1)(Cc1c[nH]c2ccccc12)NC(=O)OC1C2CC3CC(C2)CC1C3. The van der Waals surface area contributed by atoms with Gasteiger partial charge in [0.15, 0.2) is 0 Å². The van der Waals surface area contributed by atoms with Crippen molar-refractivity contribution in [2.45, 2.75) is 69.2 Å². The molecule has 0 spiro atoms. The van der Waals surface area contributed by atoms with Crippen LogP contribution in [0.25, 0.3) is 10.9 Å². The third-order valence-corrected chi connectivity index (χ3v) is 9.52. The molecule has 4 saturated carbocycles. The standard InChI is InChI=1S/C32H41N3O4/c1-32(16-25-17-33-27-10-6-5-9-26(25)27,19-34-28(18-36)29(37)22-7-3-2-4-8-22)35-31(38)39-30-23-12-20-11-21(14-23)15-24(30)13-20/h2-10,17,20-21,23-24,28-30,33-34,36-37H,11-16,18-19H2,1H3,(H,35,38). The number of aromatic amines is 1. The molecule has 0 saturated heterocycles. The van der Waals surface area contributed by atoms with Gasteiger partial charge in [-0.05, 0) is 86.3 Å². The summed E-state index contributed by atoms with van der Waals surface area (Å²) in [5, 5.41) is 28.8. The van der Waals surface area contributed by atoms with Gasteiger partial charge >= 0.3 is 6.09 Å². The molecular formula is C32H41N3O4. The minimum atomic E-state index is -0.881. The van der Waals surface area contributed by atoms with Gasteiger partial charge in [-0.25, -0.2) is 4.79 Å². The molecule has 0 radical (unpaired) electrons. The van der Waals surface area contributed by atoms with Crippen LogP contribution in [0.15, 0.2) is 60.8 Å². The quantitative estimate of drug-likeness (QED) is 0.261. The Bertz CT molecular complexity index is 1250. The highest BCUT2D eigenvalue weighted by atomic mass is 16.6. The van der Waals surface area contributed by atoms with Crippen molar-refractivity contribution in [3.05, 3.63) is 71.9 Å². The Hall–Kier alpha value is -2.87.